The molecule has 0 aliphatic carbocycles. The molecule has 3 N–H and O–H groups in total. The van der Waals surface area contributed by atoms with E-state index < -0.39 is 0 Å². The smallest absolute Gasteiger partial charge is 0.271 e. The third-order valence-corrected chi connectivity index (χ3v) is 3.65. The molecule has 4 nitrogen and oxygen atoms in total. The van der Waals surface area contributed by atoms with Crippen LogP contribution in [0.25, 0.3) is 10.4 Å². The van der Waals surface area contributed by atoms with Gasteiger partial charge in [-0.2, -0.15) is 0 Å². The van der Waals surface area contributed by atoms with Crippen LogP contribution in [0.4, 0.5) is 0 Å². The summed E-state index contributed by atoms with van der Waals surface area (Å²) >= 11 is 13.3. The lowest BCUT2D eigenvalue weighted by atomic mass is 10.1. The van der Waals surface area contributed by atoms with E-state index in [0.717, 1.165) is 10.4 Å². The number of hydrogen-bond donors (Lipinski definition) is 2. The summed E-state index contributed by atoms with van der Waals surface area (Å²) in [5, 5.41) is 3.72. The number of thiazole rings is 1. The van der Waals surface area contributed by atoms with Gasteiger partial charge >= 0.3 is 0 Å². The molecule has 100 valence electrons. The van der Waals surface area contributed by atoms with E-state index in [1.807, 2.05) is 0 Å². The molecule has 0 saturated carbocycles. The third-order valence-electron chi connectivity index (χ3n) is 2.34. The molecular formula is C12H11Cl2N3OS. The first-order valence-electron chi connectivity index (χ1n) is 5.50. The average Bonchev–Trinajstić information content (AvgIpc) is 2.84. The van der Waals surface area contributed by atoms with Crippen molar-refractivity contribution >= 4 is 40.4 Å². The van der Waals surface area contributed by atoms with Gasteiger partial charge in [0.1, 0.15) is 5.69 Å². The Balaban J connectivity index is 2.35. The molecule has 1 amide bonds. The molecule has 7 heteroatoms. The molecular weight excluding hydrogens is 305 g/mol. The van der Waals surface area contributed by atoms with Crippen molar-refractivity contribution in [3.05, 3.63) is 39.4 Å². The summed E-state index contributed by atoms with van der Waals surface area (Å²) in [6.45, 7) is 0.792. The van der Waals surface area contributed by atoms with Gasteiger partial charge < -0.3 is 11.1 Å². The van der Waals surface area contributed by atoms with Gasteiger partial charge in [0.25, 0.3) is 5.91 Å². The summed E-state index contributed by atoms with van der Waals surface area (Å²) in [4.78, 5) is 16.8. The number of nitrogens with zero attached hydrogens (tertiary/aromatic N) is 1. The Bertz CT molecular complexity index is 580. The maximum absolute atomic E-state index is 11.9. The number of benzene rings is 1. The minimum Gasteiger partial charge on any atom is -0.349 e. The number of nitrogens with two attached hydrogens (primary N) is 1. The zero-order valence-corrected chi connectivity index (χ0v) is 12.1. The molecule has 0 atom stereocenters. The van der Waals surface area contributed by atoms with E-state index in [4.69, 9.17) is 28.9 Å². The second-order valence-electron chi connectivity index (χ2n) is 3.73. The van der Waals surface area contributed by atoms with E-state index in [-0.39, 0.29) is 5.91 Å². The number of rotatable bonds is 4. The highest BCUT2D eigenvalue weighted by Crippen LogP contribution is 2.32. The molecule has 1 aromatic carbocycles. The lowest BCUT2D eigenvalue weighted by Gasteiger charge is -2.05. The number of halogens is 2. The first-order chi connectivity index (χ1) is 9.11. The number of nitrogens with one attached hydrogen (secondary N) is 1. The fourth-order valence-corrected chi connectivity index (χ4v) is 2.87. The highest BCUT2D eigenvalue weighted by atomic mass is 35.5. The first kappa shape index (κ1) is 14.3. The SMILES string of the molecule is NCCNC(=O)c1ncsc1-c1cc(Cl)cc(Cl)c1. The predicted molar refractivity (Wildman–Crippen MR) is 79.0 cm³/mol. The molecule has 0 radical (unpaired) electrons. The van der Waals surface area contributed by atoms with Crippen LogP contribution >= 0.6 is 34.5 Å². The predicted octanol–water partition coefficient (Wildman–Crippen LogP) is 2.81. The molecule has 0 aliphatic rings. The van der Waals surface area contributed by atoms with Crippen LogP contribution in [-0.4, -0.2) is 24.0 Å². The minimum atomic E-state index is -0.252. The van der Waals surface area contributed by atoms with Crippen molar-refractivity contribution in [1.82, 2.24) is 10.3 Å². The zero-order valence-electron chi connectivity index (χ0n) is 9.82. The second-order valence-corrected chi connectivity index (χ2v) is 5.46. The van der Waals surface area contributed by atoms with Gasteiger partial charge in [-0.3, -0.25) is 4.79 Å². The molecule has 0 spiro atoms. The van der Waals surface area contributed by atoms with Crippen LogP contribution in [0.3, 0.4) is 0 Å². The Hall–Kier alpha value is -1.14. The summed E-state index contributed by atoms with van der Waals surface area (Å²) in [5.41, 5.74) is 8.10. The molecule has 1 heterocycles. The maximum Gasteiger partial charge on any atom is 0.271 e. The fraction of sp³-hybridized carbons (Fsp3) is 0.167. The normalized spacial score (nSPS) is 10.5. The molecule has 0 aliphatic heterocycles. The van der Waals surface area contributed by atoms with Crippen molar-refractivity contribution in [2.24, 2.45) is 5.73 Å². The Kier molecular flexibility index (Phi) is 4.76. The lowest BCUT2D eigenvalue weighted by Crippen LogP contribution is -2.29. The van der Waals surface area contributed by atoms with Crippen molar-refractivity contribution in [2.45, 2.75) is 0 Å². The van der Waals surface area contributed by atoms with Crippen LogP contribution in [-0.2, 0) is 0 Å². The van der Waals surface area contributed by atoms with Crippen molar-refractivity contribution in [3.63, 3.8) is 0 Å². The van der Waals surface area contributed by atoms with Crippen molar-refractivity contribution in [2.75, 3.05) is 13.1 Å². The number of amides is 1. The number of carbonyl (C=O) groups excluding carboxylic acids is 1. The van der Waals surface area contributed by atoms with Gasteiger partial charge in [0.15, 0.2) is 0 Å². The zero-order chi connectivity index (χ0) is 13.8. The van der Waals surface area contributed by atoms with E-state index in [1.165, 1.54) is 11.3 Å². The number of carbonyl (C=O) groups is 1. The summed E-state index contributed by atoms with van der Waals surface area (Å²) in [5.74, 6) is -0.252. The molecule has 0 unspecified atom stereocenters. The van der Waals surface area contributed by atoms with Gasteiger partial charge in [0.2, 0.25) is 0 Å². The quantitative estimate of drug-likeness (QED) is 0.911. The minimum absolute atomic E-state index is 0.252. The van der Waals surface area contributed by atoms with Gasteiger partial charge in [-0.15, -0.1) is 11.3 Å². The second kappa shape index (κ2) is 6.34. The van der Waals surface area contributed by atoms with Crippen LogP contribution < -0.4 is 11.1 Å². The van der Waals surface area contributed by atoms with Gasteiger partial charge in [0, 0.05) is 23.1 Å². The van der Waals surface area contributed by atoms with Crippen molar-refractivity contribution in [3.8, 4) is 10.4 Å². The van der Waals surface area contributed by atoms with Crippen molar-refractivity contribution in [1.29, 1.82) is 0 Å². The van der Waals surface area contributed by atoms with Gasteiger partial charge in [-0.1, -0.05) is 23.2 Å². The molecule has 0 saturated heterocycles. The molecule has 2 rings (SSSR count). The monoisotopic (exact) mass is 315 g/mol. The van der Waals surface area contributed by atoms with E-state index >= 15 is 0 Å². The van der Waals surface area contributed by atoms with Crippen molar-refractivity contribution < 1.29 is 4.79 Å². The Morgan fingerprint density at radius 2 is 2.00 bits per heavy atom. The fourth-order valence-electron chi connectivity index (χ4n) is 1.57. The summed E-state index contributed by atoms with van der Waals surface area (Å²) in [6.07, 6.45) is 0. The summed E-state index contributed by atoms with van der Waals surface area (Å²) in [6, 6.07) is 5.14. The average molecular weight is 316 g/mol. The number of hydrogen-bond acceptors (Lipinski definition) is 4. The first-order valence-corrected chi connectivity index (χ1v) is 7.13. The highest BCUT2D eigenvalue weighted by Gasteiger charge is 2.16. The molecule has 0 bridgehead atoms. The van der Waals surface area contributed by atoms with Crippen LogP contribution in [0.2, 0.25) is 10.0 Å². The van der Waals surface area contributed by atoms with E-state index in [9.17, 15) is 4.79 Å². The largest absolute Gasteiger partial charge is 0.349 e. The van der Waals surface area contributed by atoms with Crippen LogP contribution in [0, 0.1) is 0 Å². The van der Waals surface area contributed by atoms with Gasteiger partial charge in [-0.05, 0) is 23.8 Å². The highest BCUT2D eigenvalue weighted by molar-refractivity contribution is 7.13. The van der Waals surface area contributed by atoms with Crippen LogP contribution in [0.5, 0.6) is 0 Å². The third kappa shape index (κ3) is 3.45. The van der Waals surface area contributed by atoms with E-state index in [0.29, 0.717) is 28.8 Å². The summed E-state index contributed by atoms with van der Waals surface area (Å²) < 4.78 is 0. The Morgan fingerprint density at radius 3 is 2.63 bits per heavy atom. The lowest BCUT2D eigenvalue weighted by molar-refractivity contribution is 0.0951. The molecule has 1 aromatic heterocycles. The standard InChI is InChI=1S/C12H11Cl2N3OS/c13-8-3-7(4-9(14)5-8)11-10(17-6-19-11)12(18)16-2-1-15/h3-6H,1-2,15H2,(H,16,18). The Morgan fingerprint density at radius 1 is 1.32 bits per heavy atom. The van der Waals surface area contributed by atoms with Crippen LogP contribution in [0.1, 0.15) is 10.5 Å². The van der Waals surface area contributed by atoms with E-state index in [1.54, 1.807) is 23.7 Å². The maximum atomic E-state index is 11.9. The summed E-state index contributed by atoms with van der Waals surface area (Å²) in [7, 11) is 0. The van der Waals surface area contributed by atoms with Gasteiger partial charge in [0.05, 0.1) is 10.4 Å². The Labute approximate surface area is 124 Å². The number of aromatic nitrogens is 1. The topological polar surface area (TPSA) is 68.0 Å². The molecule has 0 fully saturated rings. The molecule has 19 heavy (non-hydrogen) atoms. The molecule has 2 aromatic rings. The van der Waals surface area contributed by atoms with E-state index in [2.05, 4.69) is 10.3 Å². The van der Waals surface area contributed by atoms with Gasteiger partial charge in [-0.25, -0.2) is 4.98 Å². The van der Waals surface area contributed by atoms with Crippen LogP contribution in [0.15, 0.2) is 23.7 Å².